The van der Waals surface area contributed by atoms with Gasteiger partial charge >= 0.3 is 0 Å². The molecule has 0 aromatic heterocycles. The fourth-order valence-corrected chi connectivity index (χ4v) is 3.31. The van der Waals surface area contributed by atoms with Crippen molar-refractivity contribution in [1.82, 2.24) is 15.1 Å². The summed E-state index contributed by atoms with van der Waals surface area (Å²) in [5.74, 6) is -0.173. The highest BCUT2D eigenvalue weighted by molar-refractivity contribution is 8.26. The minimum atomic E-state index is -0.0901. The molecule has 1 aliphatic heterocycles. The third-order valence-corrected chi connectivity index (χ3v) is 5.01. The van der Waals surface area contributed by atoms with Crippen molar-refractivity contribution in [3.63, 3.8) is 0 Å². The van der Waals surface area contributed by atoms with Gasteiger partial charge in [0.2, 0.25) is 0 Å². The van der Waals surface area contributed by atoms with Crippen molar-refractivity contribution in [3.05, 3.63) is 40.3 Å². The van der Waals surface area contributed by atoms with E-state index in [0.717, 1.165) is 18.5 Å². The first-order chi connectivity index (χ1) is 11.4. The average molecular weight is 364 g/mol. The third-order valence-electron chi connectivity index (χ3n) is 3.52. The summed E-state index contributed by atoms with van der Waals surface area (Å²) in [5, 5.41) is 2.90. The molecule has 0 radical (unpaired) electrons. The molecule has 128 valence electrons. The van der Waals surface area contributed by atoms with Crippen LogP contribution in [0.2, 0.25) is 0 Å². The summed E-state index contributed by atoms with van der Waals surface area (Å²) in [6.07, 6.45) is 2.71. The number of carbonyl (C=O) groups excluding carboxylic acids is 2. The summed E-state index contributed by atoms with van der Waals surface area (Å²) in [7, 11) is 5.68. The van der Waals surface area contributed by atoms with Crippen molar-refractivity contribution in [2.75, 3.05) is 34.2 Å². The van der Waals surface area contributed by atoms with Crippen molar-refractivity contribution in [3.8, 4) is 0 Å². The summed E-state index contributed by atoms with van der Waals surface area (Å²) in [4.78, 5) is 28.2. The van der Waals surface area contributed by atoms with Crippen LogP contribution in [-0.2, 0) is 4.79 Å². The molecule has 1 aromatic rings. The highest BCUT2D eigenvalue weighted by Gasteiger charge is 2.28. The van der Waals surface area contributed by atoms with Gasteiger partial charge < -0.3 is 10.2 Å². The second-order valence-electron chi connectivity index (χ2n) is 5.78. The molecule has 7 heteroatoms. The van der Waals surface area contributed by atoms with Gasteiger partial charge in [0.25, 0.3) is 11.8 Å². The molecular weight excluding hydrogens is 342 g/mol. The molecule has 0 atom stereocenters. The Morgan fingerprint density at radius 1 is 1.33 bits per heavy atom. The number of likely N-dealkylation sites (N-methyl/N-ethyl adjacent to an activating group) is 1. The van der Waals surface area contributed by atoms with Crippen LogP contribution in [0, 0.1) is 0 Å². The molecule has 5 nitrogen and oxygen atoms in total. The second kappa shape index (κ2) is 8.41. The molecule has 2 amide bonds. The van der Waals surface area contributed by atoms with Crippen LogP contribution in [0.1, 0.15) is 22.3 Å². The minimum Gasteiger partial charge on any atom is -0.352 e. The average Bonchev–Trinajstić information content (AvgIpc) is 2.79. The Balaban J connectivity index is 1.94. The lowest BCUT2D eigenvalue weighted by atomic mass is 10.1. The van der Waals surface area contributed by atoms with Crippen molar-refractivity contribution >= 4 is 46.2 Å². The maximum Gasteiger partial charge on any atom is 0.265 e. The number of thiocarbonyl (C=S) groups is 1. The molecule has 24 heavy (non-hydrogen) atoms. The number of hydrogen-bond donors (Lipinski definition) is 1. The molecular formula is C17H21N3O2S2. The normalized spacial score (nSPS) is 16.3. The van der Waals surface area contributed by atoms with Gasteiger partial charge in [-0.3, -0.25) is 14.5 Å². The predicted molar refractivity (Wildman–Crippen MR) is 103 cm³/mol. The number of benzene rings is 1. The molecule has 0 bridgehead atoms. The van der Waals surface area contributed by atoms with Crippen molar-refractivity contribution in [2.45, 2.75) is 6.42 Å². The molecule has 0 aliphatic carbocycles. The quantitative estimate of drug-likeness (QED) is 0.477. The first kappa shape index (κ1) is 18.6. The Bertz CT molecular complexity index is 669. The first-order valence-corrected chi connectivity index (χ1v) is 8.85. The fraction of sp³-hybridized carbons (Fsp3) is 0.353. The van der Waals surface area contributed by atoms with E-state index in [0.29, 0.717) is 21.3 Å². The van der Waals surface area contributed by atoms with Gasteiger partial charge in [0, 0.05) is 19.2 Å². The largest absolute Gasteiger partial charge is 0.352 e. The Hall–Kier alpha value is -1.70. The van der Waals surface area contributed by atoms with E-state index in [1.807, 2.05) is 26.2 Å². The van der Waals surface area contributed by atoms with Crippen LogP contribution >= 0.6 is 24.0 Å². The van der Waals surface area contributed by atoms with Gasteiger partial charge in [-0.15, -0.1) is 0 Å². The van der Waals surface area contributed by atoms with E-state index in [4.69, 9.17) is 12.2 Å². The third kappa shape index (κ3) is 4.90. The van der Waals surface area contributed by atoms with E-state index in [1.165, 1.54) is 16.7 Å². The van der Waals surface area contributed by atoms with E-state index in [-0.39, 0.29) is 11.8 Å². The smallest absolute Gasteiger partial charge is 0.265 e. The molecule has 1 saturated heterocycles. The number of amides is 2. The van der Waals surface area contributed by atoms with E-state index >= 15 is 0 Å². The summed E-state index contributed by atoms with van der Waals surface area (Å²) in [6.45, 7) is 1.59. The highest BCUT2D eigenvalue weighted by Crippen LogP contribution is 2.31. The number of rotatable bonds is 6. The monoisotopic (exact) mass is 363 g/mol. The predicted octanol–water partition coefficient (Wildman–Crippen LogP) is 2.20. The Labute approximate surface area is 152 Å². The molecule has 1 aromatic carbocycles. The molecule has 1 heterocycles. The lowest BCUT2D eigenvalue weighted by Gasteiger charge is -2.10. The van der Waals surface area contributed by atoms with Gasteiger partial charge in [-0.1, -0.05) is 36.1 Å². The first-order valence-electron chi connectivity index (χ1n) is 7.63. The fourth-order valence-electron chi connectivity index (χ4n) is 2.13. The van der Waals surface area contributed by atoms with Gasteiger partial charge in [0.15, 0.2) is 0 Å². The number of hydrogen-bond acceptors (Lipinski definition) is 5. The second-order valence-corrected chi connectivity index (χ2v) is 7.45. The maximum absolute atomic E-state index is 12.1. The van der Waals surface area contributed by atoms with Crippen LogP contribution in [0.4, 0.5) is 0 Å². The van der Waals surface area contributed by atoms with Crippen LogP contribution in [-0.4, -0.2) is 60.2 Å². The number of nitrogens with zero attached hydrogens (tertiary/aromatic N) is 2. The molecule has 1 N–H and O–H groups in total. The SMILES string of the molecule is CN(C)CCCNC(=O)c1ccc(/C=C2/SC(=S)N(C)C2=O)cc1. The minimum absolute atomic E-state index is 0.0832. The van der Waals surface area contributed by atoms with Gasteiger partial charge in [-0.05, 0) is 50.8 Å². The lowest BCUT2D eigenvalue weighted by Crippen LogP contribution is -2.27. The van der Waals surface area contributed by atoms with Crippen molar-refractivity contribution in [1.29, 1.82) is 0 Å². The van der Waals surface area contributed by atoms with Crippen molar-refractivity contribution in [2.24, 2.45) is 0 Å². The van der Waals surface area contributed by atoms with Gasteiger partial charge in [0.1, 0.15) is 4.32 Å². The van der Waals surface area contributed by atoms with E-state index in [9.17, 15) is 9.59 Å². The highest BCUT2D eigenvalue weighted by atomic mass is 32.2. The number of thioether (sulfide) groups is 1. The molecule has 1 aliphatic rings. The van der Waals surface area contributed by atoms with E-state index < -0.39 is 0 Å². The number of nitrogens with one attached hydrogen (secondary N) is 1. The molecule has 0 saturated carbocycles. The summed E-state index contributed by atoms with van der Waals surface area (Å²) in [6, 6.07) is 7.19. The zero-order valence-corrected chi connectivity index (χ0v) is 15.7. The molecule has 1 fully saturated rings. The Morgan fingerprint density at radius 3 is 2.54 bits per heavy atom. The van der Waals surface area contributed by atoms with Crippen molar-refractivity contribution < 1.29 is 9.59 Å². The Kier molecular flexibility index (Phi) is 6.53. The summed E-state index contributed by atoms with van der Waals surface area (Å²) < 4.78 is 0.556. The van der Waals surface area contributed by atoms with Crippen LogP contribution in [0.15, 0.2) is 29.2 Å². The molecule has 2 rings (SSSR count). The topological polar surface area (TPSA) is 52.7 Å². The lowest BCUT2D eigenvalue weighted by molar-refractivity contribution is -0.121. The zero-order valence-electron chi connectivity index (χ0n) is 14.0. The van der Waals surface area contributed by atoms with Gasteiger partial charge in [-0.25, -0.2) is 0 Å². The van der Waals surface area contributed by atoms with E-state index in [2.05, 4.69) is 10.2 Å². The zero-order chi connectivity index (χ0) is 17.7. The van der Waals surface area contributed by atoms with E-state index in [1.54, 1.807) is 25.3 Å². The summed E-state index contributed by atoms with van der Waals surface area (Å²) >= 11 is 6.39. The maximum atomic E-state index is 12.1. The molecule has 0 spiro atoms. The standard InChI is InChI=1S/C17H21N3O2S2/c1-19(2)10-4-9-18-15(21)13-7-5-12(6-8-13)11-14-16(22)20(3)17(23)24-14/h5-8,11H,4,9-10H2,1-3H3,(H,18,21)/b14-11+. The summed E-state index contributed by atoms with van der Waals surface area (Å²) in [5.41, 5.74) is 1.48. The van der Waals surface area contributed by atoms with Gasteiger partial charge in [0.05, 0.1) is 4.91 Å². The number of carbonyl (C=O) groups is 2. The Morgan fingerprint density at radius 2 is 2.00 bits per heavy atom. The van der Waals surface area contributed by atoms with Crippen LogP contribution in [0.25, 0.3) is 6.08 Å². The van der Waals surface area contributed by atoms with Crippen LogP contribution in [0.3, 0.4) is 0 Å². The van der Waals surface area contributed by atoms with Gasteiger partial charge in [-0.2, -0.15) is 0 Å². The molecule has 0 unspecified atom stereocenters. The van der Waals surface area contributed by atoms with Crippen LogP contribution in [0.5, 0.6) is 0 Å². The van der Waals surface area contributed by atoms with Crippen LogP contribution < -0.4 is 5.32 Å².